The highest BCUT2D eigenvalue weighted by molar-refractivity contribution is 5.92. The molecule has 4 nitrogen and oxygen atoms in total. The maximum Gasteiger partial charge on any atom is 0.276 e. The average Bonchev–Trinajstić information content (AvgIpc) is 2.45. The molecular formula is C20H25N3O. The highest BCUT2D eigenvalue weighted by Gasteiger charge is 2.22. The van der Waals surface area contributed by atoms with Crippen molar-refractivity contribution in [2.45, 2.75) is 59.3 Å². The van der Waals surface area contributed by atoms with Crippen molar-refractivity contribution in [1.82, 2.24) is 14.4 Å². The van der Waals surface area contributed by atoms with Crippen molar-refractivity contribution in [2.75, 3.05) is 0 Å². The quantitative estimate of drug-likeness (QED) is 0.584. The van der Waals surface area contributed by atoms with Crippen LogP contribution < -0.4 is 5.56 Å². The number of hydrogen-bond donors (Lipinski definition) is 0. The number of fused-ring (bicyclic) bond motifs is 3. The summed E-state index contributed by atoms with van der Waals surface area (Å²) in [5.74, 6) is 0. The third-order valence-electron chi connectivity index (χ3n) is 4.33. The fraction of sp³-hybridized carbons (Fsp3) is 0.450. The minimum atomic E-state index is -0.178. The summed E-state index contributed by atoms with van der Waals surface area (Å²) >= 11 is 0. The minimum absolute atomic E-state index is 0.0252. The van der Waals surface area contributed by atoms with Crippen molar-refractivity contribution in [2.24, 2.45) is 0 Å². The van der Waals surface area contributed by atoms with Crippen molar-refractivity contribution in [1.29, 1.82) is 0 Å². The van der Waals surface area contributed by atoms with Crippen LogP contribution in [0.15, 0.2) is 29.2 Å². The van der Waals surface area contributed by atoms with Gasteiger partial charge >= 0.3 is 0 Å². The zero-order valence-corrected chi connectivity index (χ0v) is 15.6. The van der Waals surface area contributed by atoms with Gasteiger partial charge < -0.3 is 4.40 Å². The monoisotopic (exact) mass is 323 g/mol. The molecule has 0 amide bonds. The summed E-state index contributed by atoms with van der Waals surface area (Å²) in [7, 11) is 0. The van der Waals surface area contributed by atoms with Gasteiger partial charge in [0.15, 0.2) is 5.65 Å². The minimum Gasteiger partial charge on any atom is -0.304 e. The van der Waals surface area contributed by atoms with E-state index in [4.69, 9.17) is 4.98 Å². The Labute approximate surface area is 142 Å². The van der Waals surface area contributed by atoms with Gasteiger partial charge in [-0.3, -0.25) is 9.78 Å². The molecule has 0 saturated heterocycles. The molecule has 0 saturated carbocycles. The lowest BCUT2D eigenvalue weighted by Crippen LogP contribution is -2.21. The Morgan fingerprint density at radius 1 is 0.958 bits per heavy atom. The first-order valence-electron chi connectivity index (χ1n) is 8.33. The Morgan fingerprint density at radius 2 is 1.62 bits per heavy atom. The van der Waals surface area contributed by atoms with E-state index in [1.54, 1.807) is 6.92 Å². The molecule has 0 N–H and O–H groups in total. The third kappa shape index (κ3) is 2.70. The van der Waals surface area contributed by atoms with Crippen LogP contribution in [0.1, 0.15) is 58.5 Å². The molecule has 0 aliphatic rings. The molecule has 0 atom stereocenters. The topological polar surface area (TPSA) is 47.3 Å². The number of pyridine rings is 2. The second-order valence-corrected chi connectivity index (χ2v) is 8.58. The molecule has 0 radical (unpaired) electrons. The van der Waals surface area contributed by atoms with E-state index in [0.717, 1.165) is 22.3 Å². The van der Waals surface area contributed by atoms with Crippen molar-refractivity contribution < 1.29 is 0 Å². The molecule has 3 aromatic heterocycles. The van der Waals surface area contributed by atoms with E-state index >= 15 is 0 Å². The zero-order valence-electron chi connectivity index (χ0n) is 15.6. The second-order valence-electron chi connectivity index (χ2n) is 8.58. The number of nitrogens with zero attached hydrogens (tertiary/aromatic N) is 3. The molecular weight excluding hydrogens is 298 g/mol. The van der Waals surface area contributed by atoms with Crippen LogP contribution in [0.25, 0.3) is 16.6 Å². The maximum atomic E-state index is 12.1. The fourth-order valence-corrected chi connectivity index (χ4v) is 2.89. The molecule has 3 aromatic rings. The molecule has 0 spiro atoms. The van der Waals surface area contributed by atoms with Gasteiger partial charge in [-0.05, 0) is 25.1 Å². The smallest absolute Gasteiger partial charge is 0.276 e. The van der Waals surface area contributed by atoms with Crippen molar-refractivity contribution in [3.05, 3.63) is 51.7 Å². The summed E-state index contributed by atoms with van der Waals surface area (Å²) in [4.78, 5) is 21.3. The van der Waals surface area contributed by atoms with Crippen LogP contribution >= 0.6 is 0 Å². The van der Waals surface area contributed by atoms with Gasteiger partial charge in [0.25, 0.3) is 5.56 Å². The van der Waals surface area contributed by atoms with Crippen molar-refractivity contribution >= 4 is 16.6 Å². The predicted octanol–water partition coefficient (Wildman–Crippen LogP) is 4.15. The Balaban J connectivity index is 2.51. The average molecular weight is 323 g/mol. The lowest BCUT2D eigenvalue weighted by molar-refractivity contribution is 0.558. The van der Waals surface area contributed by atoms with E-state index in [2.05, 4.69) is 52.6 Å². The van der Waals surface area contributed by atoms with E-state index in [0.29, 0.717) is 11.2 Å². The Bertz CT molecular complexity index is 1000. The molecule has 0 bridgehead atoms. The first-order valence-corrected chi connectivity index (χ1v) is 8.33. The molecule has 126 valence electrons. The summed E-state index contributed by atoms with van der Waals surface area (Å²) in [6.45, 7) is 14.7. The SMILES string of the molecule is Cc1cn2c(C(C)(C)C)cc3nc(C(C)(C)C)ccc3c2nc1=O. The number of aryl methyl sites for hydroxylation is 1. The molecule has 24 heavy (non-hydrogen) atoms. The summed E-state index contributed by atoms with van der Waals surface area (Å²) in [6.07, 6.45) is 1.89. The highest BCUT2D eigenvalue weighted by Crippen LogP contribution is 2.29. The van der Waals surface area contributed by atoms with Crippen LogP contribution in [-0.2, 0) is 10.8 Å². The number of aromatic nitrogens is 3. The Hall–Kier alpha value is -2.23. The highest BCUT2D eigenvalue weighted by atomic mass is 16.1. The van der Waals surface area contributed by atoms with Crippen molar-refractivity contribution in [3.63, 3.8) is 0 Å². The van der Waals surface area contributed by atoms with Crippen LogP contribution in [0.5, 0.6) is 0 Å². The van der Waals surface area contributed by atoms with Gasteiger partial charge in [-0.15, -0.1) is 0 Å². The van der Waals surface area contributed by atoms with Gasteiger partial charge in [0.2, 0.25) is 0 Å². The molecule has 0 aliphatic heterocycles. The van der Waals surface area contributed by atoms with Gasteiger partial charge in [0.05, 0.1) is 5.52 Å². The van der Waals surface area contributed by atoms with Crippen LogP contribution in [0.2, 0.25) is 0 Å². The zero-order chi connectivity index (χ0) is 17.9. The first kappa shape index (κ1) is 16.6. The van der Waals surface area contributed by atoms with Crippen LogP contribution in [0.3, 0.4) is 0 Å². The van der Waals surface area contributed by atoms with E-state index in [9.17, 15) is 4.79 Å². The van der Waals surface area contributed by atoms with E-state index < -0.39 is 0 Å². The lowest BCUT2D eigenvalue weighted by Gasteiger charge is -2.24. The lowest BCUT2D eigenvalue weighted by atomic mass is 9.89. The van der Waals surface area contributed by atoms with Gasteiger partial charge in [-0.25, -0.2) is 0 Å². The molecule has 3 rings (SSSR count). The standard InChI is InChI=1S/C20H25N3O/c1-12-11-23-16(20(5,6)7)10-14-13(17(23)22-18(12)24)8-9-15(21-14)19(2,3)4/h8-11H,1-7H3. The fourth-order valence-electron chi connectivity index (χ4n) is 2.89. The van der Waals surface area contributed by atoms with E-state index in [1.807, 2.05) is 22.7 Å². The number of rotatable bonds is 0. The normalized spacial score (nSPS) is 13.0. The van der Waals surface area contributed by atoms with Gasteiger partial charge in [0, 0.05) is 39.4 Å². The molecule has 0 fully saturated rings. The molecule has 4 heteroatoms. The molecule has 0 aromatic carbocycles. The summed E-state index contributed by atoms with van der Waals surface area (Å²) < 4.78 is 2.04. The Kier molecular flexibility index (Phi) is 3.55. The third-order valence-corrected chi connectivity index (χ3v) is 4.33. The second kappa shape index (κ2) is 5.13. The number of hydrogen-bond acceptors (Lipinski definition) is 3. The van der Waals surface area contributed by atoms with E-state index in [1.165, 1.54) is 0 Å². The molecule has 3 heterocycles. The first-order chi connectivity index (χ1) is 11.0. The maximum absolute atomic E-state index is 12.1. The Morgan fingerprint density at radius 3 is 2.21 bits per heavy atom. The molecule has 0 aliphatic carbocycles. The van der Waals surface area contributed by atoms with Crippen LogP contribution in [0.4, 0.5) is 0 Å². The summed E-state index contributed by atoms with van der Waals surface area (Å²) in [5.41, 5.74) is 4.06. The van der Waals surface area contributed by atoms with E-state index in [-0.39, 0.29) is 16.4 Å². The molecule has 0 unspecified atom stereocenters. The van der Waals surface area contributed by atoms with Crippen LogP contribution in [0, 0.1) is 6.92 Å². The predicted molar refractivity (Wildman–Crippen MR) is 98.9 cm³/mol. The summed E-state index contributed by atoms with van der Waals surface area (Å²) in [6, 6.07) is 6.20. The van der Waals surface area contributed by atoms with Gasteiger partial charge in [0.1, 0.15) is 0 Å². The van der Waals surface area contributed by atoms with Crippen molar-refractivity contribution in [3.8, 4) is 0 Å². The van der Waals surface area contributed by atoms with Gasteiger partial charge in [-0.2, -0.15) is 4.98 Å². The van der Waals surface area contributed by atoms with Crippen LogP contribution in [-0.4, -0.2) is 14.4 Å². The largest absolute Gasteiger partial charge is 0.304 e. The summed E-state index contributed by atoms with van der Waals surface area (Å²) in [5, 5.41) is 0.910. The van der Waals surface area contributed by atoms with Gasteiger partial charge in [-0.1, -0.05) is 41.5 Å².